The lowest BCUT2D eigenvalue weighted by Gasteiger charge is -2.08. The van der Waals surface area contributed by atoms with Crippen LogP contribution in [0.25, 0.3) is 0 Å². The van der Waals surface area contributed by atoms with Crippen LogP contribution in [-0.4, -0.2) is 32.3 Å². The highest BCUT2D eigenvalue weighted by Gasteiger charge is 2.00. The van der Waals surface area contributed by atoms with Gasteiger partial charge in [0.25, 0.3) is 0 Å². The lowest BCUT2D eigenvalue weighted by Crippen LogP contribution is -2.28. The summed E-state index contributed by atoms with van der Waals surface area (Å²) in [5.41, 5.74) is 2.55. The first-order chi connectivity index (χ1) is 11.3. The second kappa shape index (κ2) is 9.64. The lowest BCUT2D eigenvalue weighted by molar-refractivity contribution is -0.142. The van der Waals surface area contributed by atoms with Crippen LogP contribution in [-0.2, 0) is 16.0 Å². The molecule has 1 N–H and O–H groups in total. The summed E-state index contributed by atoms with van der Waals surface area (Å²) >= 11 is 0. The third-order valence-electron chi connectivity index (χ3n) is 3.30. The van der Waals surface area contributed by atoms with E-state index in [1.807, 2.05) is 18.2 Å². The fourth-order valence-corrected chi connectivity index (χ4v) is 2.18. The van der Waals surface area contributed by atoms with E-state index in [0.717, 1.165) is 12.2 Å². The summed E-state index contributed by atoms with van der Waals surface area (Å²) in [6.45, 7) is 3.53. The molecule has 0 saturated carbocycles. The van der Waals surface area contributed by atoms with Crippen molar-refractivity contribution in [3.63, 3.8) is 0 Å². The summed E-state index contributed by atoms with van der Waals surface area (Å²) in [6.07, 6.45) is 0.919. The highest BCUT2D eigenvalue weighted by molar-refractivity contribution is 5.71. The maximum Gasteiger partial charge on any atom is 0.319 e. The first-order valence-corrected chi connectivity index (χ1v) is 7.90. The minimum Gasteiger partial charge on any atom is -0.492 e. The predicted molar refractivity (Wildman–Crippen MR) is 90.7 cm³/mol. The normalized spacial score (nSPS) is 10.3. The molecule has 0 aliphatic rings. The van der Waals surface area contributed by atoms with Gasteiger partial charge < -0.3 is 14.8 Å². The van der Waals surface area contributed by atoms with Crippen LogP contribution in [0.5, 0.6) is 5.75 Å². The van der Waals surface area contributed by atoms with Crippen LogP contribution in [0.1, 0.15) is 18.1 Å². The van der Waals surface area contributed by atoms with E-state index in [0.29, 0.717) is 19.8 Å². The second-order valence-corrected chi connectivity index (χ2v) is 5.14. The van der Waals surface area contributed by atoms with E-state index in [2.05, 4.69) is 41.7 Å². The molecular weight excluding hydrogens is 290 g/mol. The number of carbonyl (C=O) groups is 1. The Morgan fingerprint density at radius 3 is 2.39 bits per heavy atom. The zero-order valence-electron chi connectivity index (χ0n) is 13.5. The molecule has 0 bridgehead atoms. The number of carbonyl (C=O) groups excluding carboxylic acids is 1. The summed E-state index contributed by atoms with van der Waals surface area (Å²) in [4.78, 5) is 11.1. The summed E-state index contributed by atoms with van der Waals surface area (Å²) in [5.74, 6) is 0.595. The maximum absolute atomic E-state index is 11.1. The van der Waals surface area contributed by atoms with Crippen LogP contribution in [0.4, 0.5) is 0 Å². The van der Waals surface area contributed by atoms with Crippen molar-refractivity contribution in [3.8, 4) is 5.75 Å². The van der Waals surface area contributed by atoms with Crippen molar-refractivity contribution in [2.45, 2.75) is 13.3 Å². The van der Waals surface area contributed by atoms with E-state index in [9.17, 15) is 4.79 Å². The number of hydrogen-bond acceptors (Lipinski definition) is 4. The van der Waals surface area contributed by atoms with Crippen molar-refractivity contribution in [1.29, 1.82) is 0 Å². The Bertz CT molecular complexity index is 581. The zero-order chi connectivity index (χ0) is 16.3. The van der Waals surface area contributed by atoms with Crippen LogP contribution in [0.15, 0.2) is 54.6 Å². The molecule has 0 radical (unpaired) electrons. The number of hydrogen-bond donors (Lipinski definition) is 1. The van der Waals surface area contributed by atoms with Crippen LogP contribution in [0, 0.1) is 0 Å². The summed E-state index contributed by atoms with van der Waals surface area (Å²) in [5, 5.41) is 2.98. The average Bonchev–Trinajstić information content (AvgIpc) is 2.57. The molecule has 0 saturated heterocycles. The zero-order valence-corrected chi connectivity index (χ0v) is 13.5. The number of rotatable bonds is 9. The molecule has 0 unspecified atom stereocenters. The second-order valence-electron chi connectivity index (χ2n) is 5.14. The van der Waals surface area contributed by atoms with Gasteiger partial charge in [0, 0.05) is 6.54 Å². The van der Waals surface area contributed by atoms with Crippen LogP contribution in [0.2, 0.25) is 0 Å². The lowest BCUT2D eigenvalue weighted by atomic mass is 10.1. The molecule has 2 aromatic carbocycles. The Morgan fingerprint density at radius 2 is 1.70 bits per heavy atom. The molecule has 4 nitrogen and oxygen atoms in total. The van der Waals surface area contributed by atoms with Crippen LogP contribution in [0.3, 0.4) is 0 Å². The van der Waals surface area contributed by atoms with Gasteiger partial charge in [0.1, 0.15) is 12.4 Å². The van der Waals surface area contributed by atoms with E-state index in [1.165, 1.54) is 11.1 Å². The summed E-state index contributed by atoms with van der Waals surface area (Å²) in [6, 6.07) is 18.5. The molecule has 2 rings (SSSR count). The van der Waals surface area contributed by atoms with Gasteiger partial charge in [0.2, 0.25) is 0 Å². The Kier molecular flexibility index (Phi) is 7.14. The van der Waals surface area contributed by atoms with Gasteiger partial charge in [-0.1, -0.05) is 42.5 Å². The number of ether oxygens (including phenoxy) is 2. The van der Waals surface area contributed by atoms with Crippen molar-refractivity contribution < 1.29 is 14.3 Å². The molecule has 0 aromatic heterocycles. The monoisotopic (exact) mass is 313 g/mol. The van der Waals surface area contributed by atoms with Gasteiger partial charge in [-0.3, -0.25) is 4.79 Å². The largest absolute Gasteiger partial charge is 0.492 e. The molecule has 23 heavy (non-hydrogen) atoms. The first-order valence-electron chi connectivity index (χ1n) is 7.90. The number of nitrogens with one attached hydrogen (secondary N) is 1. The van der Waals surface area contributed by atoms with Crippen molar-refractivity contribution in [3.05, 3.63) is 65.7 Å². The average molecular weight is 313 g/mol. The van der Waals surface area contributed by atoms with E-state index >= 15 is 0 Å². The molecule has 122 valence electrons. The molecule has 2 aromatic rings. The van der Waals surface area contributed by atoms with Crippen molar-refractivity contribution in [1.82, 2.24) is 5.32 Å². The Hall–Kier alpha value is -2.33. The standard InChI is InChI=1S/C19H23NO3/c1-2-22-19(21)15-20-12-13-23-18-10-8-17(9-11-18)14-16-6-4-3-5-7-16/h3-11,20H,2,12-15H2,1H3. The van der Waals surface area contributed by atoms with Gasteiger partial charge in [-0.15, -0.1) is 0 Å². The van der Waals surface area contributed by atoms with E-state index in [1.54, 1.807) is 6.92 Å². The number of esters is 1. The van der Waals surface area contributed by atoms with Crippen molar-refractivity contribution in [2.75, 3.05) is 26.3 Å². The topological polar surface area (TPSA) is 47.6 Å². The summed E-state index contributed by atoms with van der Waals surface area (Å²) in [7, 11) is 0. The van der Waals surface area contributed by atoms with Gasteiger partial charge in [-0.2, -0.15) is 0 Å². The Labute approximate surface area is 137 Å². The molecule has 0 spiro atoms. The smallest absolute Gasteiger partial charge is 0.319 e. The van der Waals surface area contributed by atoms with Gasteiger partial charge in [-0.05, 0) is 36.6 Å². The van der Waals surface area contributed by atoms with Crippen molar-refractivity contribution >= 4 is 5.97 Å². The minimum atomic E-state index is -0.238. The third kappa shape index (κ3) is 6.53. The molecular formula is C19H23NO3. The predicted octanol–water partition coefficient (Wildman–Crippen LogP) is 2.81. The first kappa shape index (κ1) is 17.0. The SMILES string of the molecule is CCOC(=O)CNCCOc1ccc(Cc2ccccc2)cc1. The van der Waals surface area contributed by atoms with Gasteiger partial charge in [0.15, 0.2) is 0 Å². The Balaban J connectivity index is 1.68. The molecule has 0 aliphatic heterocycles. The summed E-state index contributed by atoms with van der Waals surface area (Å²) < 4.78 is 10.5. The fourth-order valence-electron chi connectivity index (χ4n) is 2.18. The quantitative estimate of drug-likeness (QED) is 0.571. The van der Waals surface area contributed by atoms with Crippen molar-refractivity contribution in [2.24, 2.45) is 0 Å². The van der Waals surface area contributed by atoms with E-state index in [-0.39, 0.29) is 12.5 Å². The molecule has 4 heteroatoms. The van der Waals surface area contributed by atoms with Gasteiger partial charge in [0.05, 0.1) is 13.2 Å². The molecule has 0 atom stereocenters. The number of benzene rings is 2. The fraction of sp³-hybridized carbons (Fsp3) is 0.316. The van der Waals surface area contributed by atoms with Gasteiger partial charge >= 0.3 is 5.97 Å². The molecule has 0 heterocycles. The van der Waals surface area contributed by atoms with E-state index < -0.39 is 0 Å². The molecule has 0 aliphatic carbocycles. The molecule has 0 amide bonds. The van der Waals surface area contributed by atoms with Crippen LogP contribution >= 0.6 is 0 Å². The maximum atomic E-state index is 11.1. The molecule has 0 fully saturated rings. The Morgan fingerprint density at radius 1 is 1.00 bits per heavy atom. The minimum absolute atomic E-state index is 0.215. The highest BCUT2D eigenvalue weighted by atomic mass is 16.5. The van der Waals surface area contributed by atoms with Crippen LogP contribution < -0.4 is 10.1 Å². The van der Waals surface area contributed by atoms with Gasteiger partial charge in [-0.25, -0.2) is 0 Å². The highest BCUT2D eigenvalue weighted by Crippen LogP contribution is 2.15. The van der Waals surface area contributed by atoms with E-state index in [4.69, 9.17) is 9.47 Å². The third-order valence-corrected chi connectivity index (χ3v) is 3.30.